The highest BCUT2D eigenvalue weighted by Gasteiger charge is 2.22. The smallest absolute Gasteiger partial charge is 0.258 e. The molecule has 0 aliphatic carbocycles. The quantitative estimate of drug-likeness (QED) is 0.362. The van der Waals surface area contributed by atoms with Crippen molar-refractivity contribution in [3.05, 3.63) is 61.8 Å². The molecule has 0 N–H and O–H groups in total. The van der Waals surface area contributed by atoms with Gasteiger partial charge in [0.1, 0.15) is 10.6 Å². The molecule has 8 heteroatoms. The van der Waals surface area contributed by atoms with Crippen LogP contribution in [0.2, 0.25) is 15.3 Å². The van der Waals surface area contributed by atoms with E-state index in [9.17, 15) is 10.1 Å². The van der Waals surface area contributed by atoms with Gasteiger partial charge in [0.15, 0.2) is 16.1 Å². The van der Waals surface area contributed by atoms with Crippen molar-refractivity contribution in [1.82, 2.24) is 9.97 Å². The third kappa shape index (κ3) is 2.47. The summed E-state index contributed by atoms with van der Waals surface area (Å²) in [6.07, 6.45) is 0. The van der Waals surface area contributed by atoms with Crippen molar-refractivity contribution in [3.63, 3.8) is 0 Å². The van der Waals surface area contributed by atoms with Crippen LogP contribution < -0.4 is 0 Å². The minimum Gasteiger partial charge on any atom is -0.258 e. The Kier molecular flexibility index (Phi) is 3.87. The summed E-state index contributed by atoms with van der Waals surface area (Å²) in [4.78, 5) is 18.9. The first-order valence-electron chi connectivity index (χ1n) is 6.04. The Morgan fingerprint density at radius 1 is 0.955 bits per heavy atom. The summed E-state index contributed by atoms with van der Waals surface area (Å²) < 4.78 is 0. The number of hydrogen-bond donors (Lipinski definition) is 0. The van der Waals surface area contributed by atoms with Gasteiger partial charge in [-0.2, -0.15) is 0 Å². The number of nitro benzene ring substituents is 1. The molecule has 5 nitrogen and oxygen atoms in total. The van der Waals surface area contributed by atoms with Crippen molar-refractivity contribution in [2.45, 2.75) is 0 Å². The Morgan fingerprint density at radius 2 is 1.59 bits per heavy atom. The van der Waals surface area contributed by atoms with Gasteiger partial charge in [0.25, 0.3) is 5.69 Å². The predicted octanol–water partition coefficient (Wildman–Crippen LogP) is 5.17. The summed E-state index contributed by atoms with van der Waals surface area (Å²) >= 11 is 17.7. The lowest BCUT2D eigenvalue weighted by Gasteiger charge is -2.08. The fourth-order valence-electron chi connectivity index (χ4n) is 2.15. The van der Waals surface area contributed by atoms with Gasteiger partial charge < -0.3 is 0 Å². The van der Waals surface area contributed by atoms with E-state index in [0.29, 0.717) is 5.39 Å². The zero-order chi connectivity index (χ0) is 15.9. The lowest BCUT2D eigenvalue weighted by Crippen LogP contribution is -1.98. The topological polar surface area (TPSA) is 68.9 Å². The Labute approximate surface area is 139 Å². The van der Waals surface area contributed by atoms with Crippen LogP contribution in [-0.4, -0.2) is 14.9 Å². The molecule has 0 amide bonds. The molecule has 1 aromatic heterocycles. The van der Waals surface area contributed by atoms with Crippen molar-refractivity contribution >= 4 is 51.3 Å². The van der Waals surface area contributed by atoms with Crippen LogP contribution in [0.25, 0.3) is 22.2 Å². The number of halogens is 3. The summed E-state index contributed by atoms with van der Waals surface area (Å²) in [6.45, 7) is 0. The van der Waals surface area contributed by atoms with Crippen molar-refractivity contribution in [3.8, 4) is 11.4 Å². The van der Waals surface area contributed by atoms with E-state index >= 15 is 0 Å². The van der Waals surface area contributed by atoms with Crippen LogP contribution in [0.1, 0.15) is 0 Å². The predicted molar refractivity (Wildman–Crippen MR) is 86.7 cm³/mol. The largest absolute Gasteiger partial charge is 0.281 e. The van der Waals surface area contributed by atoms with Crippen LogP contribution >= 0.6 is 34.8 Å². The number of rotatable bonds is 2. The molecular weight excluding hydrogens is 349 g/mol. The Hall–Kier alpha value is -1.95. The molecule has 3 aromatic rings. The molecule has 0 bridgehead atoms. The van der Waals surface area contributed by atoms with Crippen LogP contribution in [0.3, 0.4) is 0 Å². The number of benzene rings is 2. The maximum Gasteiger partial charge on any atom is 0.281 e. The zero-order valence-electron chi connectivity index (χ0n) is 10.8. The molecule has 0 saturated heterocycles. The fourth-order valence-corrected chi connectivity index (χ4v) is 2.63. The Bertz CT molecular complexity index is 892. The van der Waals surface area contributed by atoms with Crippen LogP contribution in [0.15, 0.2) is 36.4 Å². The number of hydrogen-bond acceptors (Lipinski definition) is 4. The van der Waals surface area contributed by atoms with Gasteiger partial charge in [-0.05, 0) is 16.8 Å². The molecule has 0 atom stereocenters. The minimum atomic E-state index is -0.498. The van der Waals surface area contributed by atoms with Crippen molar-refractivity contribution < 1.29 is 4.92 Å². The molecular formula is C14H6Cl3N3O2. The van der Waals surface area contributed by atoms with Crippen LogP contribution in [0, 0.1) is 10.1 Å². The highest BCUT2D eigenvalue weighted by molar-refractivity contribution is 6.47. The van der Waals surface area contributed by atoms with Gasteiger partial charge in [-0.25, -0.2) is 9.97 Å². The number of aromatic nitrogens is 2. The average molecular weight is 355 g/mol. The molecule has 0 aliphatic rings. The van der Waals surface area contributed by atoms with Crippen molar-refractivity contribution in [2.24, 2.45) is 0 Å². The second-order valence-corrected chi connectivity index (χ2v) is 5.47. The van der Waals surface area contributed by atoms with Gasteiger partial charge in [0.05, 0.1) is 4.92 Å². The first-order chi connectivity index (χ1) is 10.5. The average Bonchev–Trinajstić information content (AvgIpc) is 2.50. The number of fused-ring (bicyclic) bond motifs is 1. The monoisotopic (exact) mass is 353 g/mol. The third-order valence-electron chi connectivity index (χ3n) is 3.10. The summed E-state index contributed by atoms with van der Waals surface area (Å²) in [5.74, 6) is 0.0582. The maximum absolute atomic E-state index is 11.3. The molecule has 0 spiro atoms. The standard InChI is InChI=1S/C14H6Cl3N3O2/c15-11-12(16)18-14(19-13(11)17)10-8-4-2-1-3-7(8)5-6-9(10)20(21)22/h1-6H. The van der Waals surface area contributed by atoms with E-state index < -0.39 is 4.92 Å². The van der Waals surface area contributed by atoms with Gasteiger partial charge >= 0.3 is 0 Å². The third-order valence-corrected chi connectivity index (χ3v) is 4.20. The Balaban J connectivity index is 2.42. The lowest BCUT2D eigenvalue weighted by atomic mass is 10.0. The van der Waals surface area contributed by atoms with Crippen molar-refractivity contribution in [2.75, 3.05) is 0 Å². The molecule has 3 rings (SSSR count). The summed E-state index contributed by atoms with van der Waals surface area (Å²) in [7, 11) is 0. The highest BCUT2D eigenvalue weighted by atomic mass is 35.5. The molecule has 0 aliphatic heterocycles. The summed E-state index contributed by atoms with van der Waals surface area (Å²) in [5, 5.41) is 12.7. The van der Waals surface area contributed by atoms with Crippen LogP contribution in [0.4, 0.5) is 5.69 Å². The van der Waals surface area contributed by atoms with Gasteiger partial charge in [-0.3, -0.25) is 10.1 Å². The normalized spacial score (nSPS) is 10.9. The van der Waals surface area contributed by atoms with Crippen LogP contribution in [0.5, 0.6) is 0 Å². The molecule has 2 aromatic carbocycles. The van der Waals surface area contributed by atoms with E-state index in [2.05, 4.69) is 9.97 Å². The SMILES string of the molecule is O=[N+]([O-])c1ccc2ccccc2c1-c1nc(Cl)c(Cl)c(Cl)n1. The van der Waals surface area contributed by atoms with Gasteiger partial charge in [-0.1, -0.05) is 59.1 Å². The summed E-state index contributed by atoms with van der Waals surface area (Å²) in [5.41, 5.74) is 0.122. The van der Waals surface area contributed by atoms with Gasteiger partial charge in [0, 0.05) is 6.07 Å². The first kappa shape index (κ1) is 15.0. The van der Waals surface area contributed by atoms with Crippen LogP contribution in [-0.2, 0) is 0 Å². The number of nitro groups is 1. The first-order valence-corrected chi connectivity index (χ1v) is 7.17. The molecule has 1 heterocycles. The van der Waals surface area contributed by atoms with Crippen molar-refractivity contribution in [1.29, 1.82) is 0 Å². The second-order valence-electron chi connectivity index (χ2n) is 4.38. The molecule has 0 unspecified atom stereocenters. The van der Waals surface area contributed by atoms with E-state index in [1.165, 1.54) is 6.07 Å². The van der Waals surface area contributed by atoms with Gasteiger partial charge in [0.2, 0.25) is 0 Å². The summed E-state index contributed by atoms with van der Waals surface area (Å²) in [6, 6.07) is 10.3. The Morgan fingerprint density at radius 3 is 2.23 bits per heavy atom. The van der Waals surface area contributed by atoms with Gasteiger partial charge in [-0.15, -0.1) is 0 Å². The highest BCUT2D eigenvalue weighted by Crippen LogP contribution is 2.37. The molecule has 22 heavy (non-hydrogen) atoms. The van der Waals surface area contributed by atoms with E-state index in [0.717, 1.165) is 5.39 Å². The lowest BCUT2D eigenvalue weighted by molar-refractivity contribution is -0.384. The molecule has 0 fully saturated rings. The van der Waals surface area contributed by atoms with E-state index in [-0.39, 0.29) is 32.4 Å². The minimum absolute atomic E-state index is 0.00923. The van der Waals surface area contributed by atoms with E-state index in [1.807, 2.05) is 12.1 Å². The molecule has 0 saturated carbocycles. The second kappa shape index (κ2) is 5.68. The van der Waals surface area contributed by atoms with E-state index in [4.69, 9.17) is 34.8 Å². The zero-order valence-corrected chi connectivity index (χ0v) is 13.0. The fraction of sp³-hybridized carbons (Fsp3) is 0. The molecule has 0 radical (unpaired) electrons. The van der Waals surface area contributed by atoms with E-state index in [1.54, 1.807) is 18.2 Å². The maximum atomic E-state index is 11.3. The number of nitrogens with zero attached hydrogens (tertiary/aromatic N) is 3. The molecule has 110 valence electrons.